The molecule has 0 radical (unpaired) electrons. The SMILES string of the molecule is c1ccc(-n2c3ccccc3c3ccc(-c4nc(-c5ccc6sc7ccccc7c6c5)nc(-c5ccc6c(oc7cc8ccccc8cc76)c5-n5c6cc7ccccc7cc6c6c7ccccc7ccc65)n4)cc32)cc1. The van der Waals surface area contributed by atoms with Gasteiger partial charge in [0.1, 0.15) is 11.3 Å². The molecule has 0 N–H and O–H groups in total. The topological polar surface area (TPSA) is 61.7 Å². The molecule has 0 spiro atoms. The summed E-state index contributed by atoms with van der Waals surface area (Å²) in [6, 6.07) is 85.0. The summed E-state index contributed by atoms with van der Waals surface area (Å²) in [7, 11) is 0. The maximum absolute atomic E-state index is 7.30. The van der Waals surface area contributed by atoms with E-state index in [1.165, 1.54) is 47.1 Å². The van der Waals surface area contributed by atoms with Crippen LogP contribution in [0.3, 0.4) is 0 Å². The van der Waals surface area contributed by atoms with Crippen molar-refractivity contribution in [2.45, 2.75) is 0 Å². The Bertz CT molecular complexity index is 5310. The van der Waals surface area contributed by atoms with E-state index < -0.39 is 0 Å². The van der Waals surface area contributed by atoms with E-state index in [-0.39, 0.29) is 0 Å². The summed E-state index contributed by atoms with van der Waals surface area (Å²) < 4.78 is 14.5. The summed E-state index contributed by atoms with van der Waals surface area (Å²) in [4.78, 5) is 16.7. The van der Waals surface area contributed by atoms with Crippen LogP contribution in [-0.2, 0) is 0 Å². The van der Waals surface area contributed by atoms with Crippen molar-refractivity contribution in [3.63, 3.8) is 0 Å². The second kappa shape index (κ2) is 15.8. The van der Waals surface area contributed by atoms with Gasteiger partial charge in [0.2, 0.25) is 0 Å². The maximum Gasteiger partial charge on any atom is 0.166 e. The molecule has 0 aliphatic rings. The van der Waals surface area contributed by atoms with Gasteiger partial charge >= 0.3 is 0 Å². The second-order valence-electron chi connectivity index (χ2n) is 19.9. The number of benzene rings is 12. The van der Waals surface area contributed by atoms with Crippen molar-refractivity contribution in [2.75, 3.05) is 0 Å². The van der Waals surface area contributed by atoms with Crippen LogP contribution >= 0.6 is 11.3 Å². The Kier molecular flexibility index (Phi) is 8.62. The van der Waals surface area contributed by atoms with Crippen LogP contribution in [0.1, 0.15) is 0 Å². The fraction of sp³-hybridized carbons (Fsp3) is 0. The first kappa shape index (κ1) is 41.5. The first-order chi connectivity index (χ1) is 37.6. The molecular formula is C69H39N5OS. The van der Waals surface area contributed by atoms with E-state index in [1.54, 1.807) is 11.3 Å². The molecule has 0 aliphatic carbocycles. The summed E-state index contributed by atoms with van der Waals surface area (Å²) in [6.07, 6.45) is 0. The third kappa shape index (κ3) is 6.06. The number of para-hydroxylation sites is 2. The van der Waals surface area contributed by atoms with Crippen LogP contribution < -0.4 is 0 Å². The van der Waals surface area contributed by atoms with Crippen molar-refractivity contribution in [3.05, 3.63) is 237 Å². The third-order valence-electron chi connectivity index (χ3n) is 15.7. The van der Waals surface area contributed by atoms with Gasteiger partial charge in [0, 0.05) is 74.9 Å². The molecule has 7 heteroatoms. The van der Waals surface area contributed by atoms with Crippen LogP contribution in [0.25, 0.3) is 164 Å². The van der Waals surface area contributed by atoms with E-state index in [4.69, 9.17) is 19.4 Å². The quantitative estimate of drug-likeness (QED) is 0.172. The van der Waals surface area contributed by atoms with E-state index in [2.05, 4.69) is 246 Å². The predicted octanol–water partition coefficient (Wildman–Crippen LogP) is 18.8. The van der Waals surface area contributed by atoms with Crippen molar-refractivity contribution in [3.8, 4) is 45.5 Å². The van der Waals surface area contributed by atoms with Gasteiger partial charge < -0.3 is 13.6 Å². The summed E-state index contributed by atoms with van der Waals surface area (Å²) >= 11 is 1.81. The highest BCUT2D eigenvalue weighted by Crippen LogP contribution is 2.46. The Balaban J connectivity index is 1.00. The second-order valence-corrected chi connectivity index (χ2v) is 21.0. The number of furan rings is 1. The van der Waals surface area contributed by atoms with Crippen LogP contribution in [0.15, 0.2) is 241 Å². The molecule has 12 aromatic carbocycles. The Morgan fingerprint density at radius 2 is 0.921 bits per heavy atom. The minimum absolute atomic E-state index is 0.540. The molecule has 0 amide bonds. The van der Waals surface area contributed by atoms with E-state index in [1.807, 2.05) is 0 Å². The number of nitrogens with zero attached hydrogens (tertiary/aromatic N) is 5. The molecule has 5 heterocycles. The Hall–Kier alpha value is -9.95. The summed E-state index contributed by atoms with van der Waals surface area (Å²) in [5, 5.41) is 16.1. The monoisotopic (exact) mass is 985 g/mol. The molecule has 0 saturated heterocycles. The molecule has 17 rings (SSSR count). The van der Waals surface area contributed by atoms with Gasteiger partial charge in [-0.15, -0.1) is 11.3 Å². The van der Waals surface area contributed by atoms with Crippen LogP contribution in [0.4, 0.5) is 0 Å². The molecule has 0 atom stereocenters. The molecule has 352 valence electrons. The Labute approximate surface area is 437 Å². The lowest BCUT2D eigenvalue weighted by atomic mass is 10.0. The summed E-state index contributed by atoms with van der Waals surface area (Å²) in [5.74, 6) is 1.70. The van der Waals surface area contributed by atoms with Crippen molar-refractivity contribution in [1.82, 2.24) is 24.1 Å². The number of fused-ring (bicyclic) bond motifs is 16. The number of rotatable bonds is 5. The van der Waals surface area contributed by atoms with E-state index in [0.717, 1.165) is 99.0 Å². The lowest BCUT2D eigenvalue weighted by Gasteiger charge is -2.16. The number of thiophene rings is 1. The van der Waals surface area contributed by atoms with Crippen LogP contribution in [0.5, 0.6) is 0 Å². The molecule has 0 saturated carbocycles. The highest BCUT2D eigenvalue weighted by atomic mass is 32.1. The molecule has 76 heavy (non-hydrogen) atoms. The first-order valence-corrected chi connectivity index (χ1v) is 26.5. The molecule has 0 fully saturated rings. The van der Waals surface area contributed by atoms with Gasteiger partial charge in [0.25, 0.3) is 0 Å². The summed E-state index contributed by atoms with van der Waals surface area (Å²) in [6.45, 7) is 0. The Morgan fingerprint density at radius 3 is 1.74 bits per heavy atom. The average Bonchev–Trinajstić information content (AvgIpc) is 4.27. The van der Waals surface area contributed by atoms with Crippen LogP contribution in [-0.4, -0.2) is 24.1 Å². The first-order valence-electron chi connectivity index (χ1n) is 25.7. The molecular weight excluding hydrogens is 947 g/mol. The fourth-order valence-corrected chi connectivity index (χ4v) is 13.3. The van der Waals surface area contributed by atoms with Crippen LogP contribution in [0.2, 0.25) is 0 Å². The zero-order valence-corrected chi connectivity index (χ0v) is 41.4. The molecule has 5 aromatic heterocycles. The van der Waals surface area contributed by atoms with Gasteiger partial charge in [-0.2, -0.15) is 0 Å². The van der Waals surface area contributed by atoms with E-state index in [0.29, 0.717) is 17.5 Å². The molecule has 0 unspecified atom stereocenters. The van der Waals surface area contributed by atoms with E-state index in [9.17, 15) is 0 Å². The van der Waals surface area contributed by atoms with Crippen molar-refractivity contribution >= 4 is 129 Å². The van der Waals surface area contributed by atoms with Crippen LogP contribution in [0, 0.1) is 0 Å². The minimum atomic E-state index is 0.540. The van der Waals surface area contributed by atoms with Crippen molar-refractivity contribution < 1.29 is 4.42 Å². The lowest BCUT2D eigenvalue weighted by Crippen LogP contribution is -2.04. The molecule has 0 aliphatic heterocycles. The van der Waals surface area contributed by atoms with Gasteiger partial charge in [-0.05, 0) is 123 Å². The largest absolute Gasteiger partial charge is 0.454 e. The molecule has 6 nitrogen and oxygen atoms in total. The van der Waals surface area contributed by atoms with E-state index >= 15 is 0 Å². The van der Waals surface area contributed by atoms with Gasteiger partial charge in [-0.25, -0.2) is 15.0 Å². The van der Waals surface area contributed by atoms with Gasteiger partial charge in [-0.1, -0.05) is 146 Å². The van der Waals surface area contributed by atoms with Gasteiger partial charge in [0.15, 0.2) is 23.1 Å². The standard InChI is InChI=1S/C69H39N5OS/c1-2-19-47(20-3-1)73-57-24-12-10-22-49(57)50-29-26-46(38-59(50)73)68-70-67(45-28-33-63-55(36-45)51-23-11-13-25-62(51)76-63)71-69(72-68)53-31-30-52-54-34-41-15-5-7-18-44(41)39-61(54)75-66(52)65(53)74-58-32-27-40-14-8-9-21-48(40)64(58)56-35-42-16-4-6-17-43(42)37-60(56)74/h1-39H. The minimum Gasteiger partial charge on any atom is -0.454 e. The normalized spacial score (nSPS) is 12.2. The average molecular weight is 986 g/mol. The lowest BCUT2D eigenvalue weighted by molar-refractivity contribution is 0.667. The zero-order chi connectivity index (χ0) is 49.6. The fourth-order valence-electron chi connectivity index (χ4n) is 12.2. The highest BCUT2D eigenvalue weighted by molar-refractivity contribution is 7.25. The highest BCUT2D eigenvalue weighted by Gasteiger charge is 2.26. The van der Waals surface area contributed by atoms with Crippen molar-refractivity contribution in [2.24, 2.45) is 0 Å². The predicted molar refractivity (Wildman–Crippen MR) is 317 cm³/mol. The number of aromatic nitrogens is 5. The Morgan fingerprint density at radius 1 is 0.329 bits per heavy atom. The summed E-state index contributed by atoms with van der Waals surface area (Å²) in [5.41, 5.74) is 10.5. The number of hydrogen-bond acceptors (Lipinski definition) is 5. The molecule has 0 bridgehead atoms. The maximum atomic E-state index is 7.30. The third-order valence-corrected chi connectivity index (χ3v) is 16.8. The van der Waals surface area contributed by atoms with Crippen molar-refractivity contribution in [1.29, 1.82) is 0 Å². The zero-order valence-electron chi connectivity index (χ0n) is 40.6. The van der Waals surface area contributed by atoms with Gasteiger partial charge in [0.05, 0.1) is 22.1 Å². The number of hydrogen-bond donors (Lipinski definition) is 0. The molecule has 17 aromatic rings. The smallest absolute Gasteiger partial charge is 0.166 e. The van der Waals surface area contributed by atoms with Gasteiger partial charge in [-0.3, -0.25) is 0 Å².